The molecule has 0 fully saturated rings. The van der Waals surface area contributed by atoms with Crippen molar-refractivity contribution in [3.63, 3.8) is 0 Å². The number of ether oxygens (including phenoxy) is 1. The summed E-state index contributed by atoms with van der Waals surface area (Å²) in [5, 5.41) is 4.19. The Morgan fingerprint density at radius 1 is 1.25 bits per heavy atom. The van der Waals surface area contributed by atoms with E-state index in [0.29, 0.717) is 6.04 Å². The molecule has 1 aromatic rings. The van der Waals surface area contributed by atoms with E-state index in [2.05, 4.69) is 19.2 Å². The summed E-state index contributed by atoms with van der Waals surface area (Å²) in [4.78, 5) is 0. The van der Waals surface area contributed by atoms with Crippen LogP contribution in [0.15, 0.2) is 24.3 Å². The van der Waals surface area contributed by atoms with E-state index in [9.17, 15) is 0 Å². The lowest BCUT2D eigenvalue weighted by Crippen LogP contribution is -2.23. The molecular weight excluding hydrogens is 222 g/mol. The molecule has 0 amide bonds. The highest BCUT2D eigenvalue weighted by Gasteiger charge is 2.03. The van der Waals surface area contributed by atoms with Gasteiger partial charge in [-0.3, -0.25) is 0 Å². The van der Waals surface area contributed by atoms with Crippen LogP contribution in [0.1, 0.15) is 31.9 Å². The van der Waals surface area contributed by atoms with Gasteiger partial charge in [-0.2, -0.15) is 0 Å². The Labute approximate surface area is 103 Å². The molecule has 3 heteroatoms. The lowest BCUT2D eigenvalue weighted by atomic mass is 10.1. The molecule has 0 heterocycles. The Balaban J connectivity index is 2.24. The Morgan fingerprint density at radius 3 is 2.56 bits per heavy atom. The quantitative estimate of drug-likeness (QED) is 0.739. The zero-order valence-electron chi connectivity index (χ0n) is 10.0. The van der Waals surface area contributed by atoms with Crippen LogP contribution in [0.4, 0.5) is 0 Å². The average molecular weight is 242 g/mol. The molecule has 0 spiro atoms. The van der Waals surface area contributed by atoms with Gasteiger partial charge >= 0.3 is 0 Å². The minimum absolute atomic E-state index is 0.336. The number of hydrogen-bond donors (Lipinski definition) is 1. The molecule has 0 saturated heterocycles. The number of nitrogens with one attached hydrogen (secondary N) is 1. The van der Waals surface area contributed by atoms with Crippen molar-refractivity contribution in [1.82, 2.24) is 5.32 Å². The fraction of sp³-hybridized carbons (Fsp3) is 0.538. The van der Waals surface area contributed by atoms with Crippen LogP contribution in [0.2, 0.25) is 5.02 Å². The normalized spacial score (nSPS) is 12.7. The van der Waals surface area contributed by atoms with Gasteiger partial charge in [0.15, 0.2) is 0 Å². The molecule has 90 valence electrons. The Hall–Kier alpha value is -0.570. The maximum absolute atomic E-state index is 5.84. The van der Waals surface area contributed by atoms with Gasteiger partial charge in [-0.05, 0) is 31.0 Å². The lowest BCUT2D eigenvalue weighted by Gasteiger charge is -2.14. The molecule has 16 heavy (non-hydrogen) atoms. The first-order valence-corrected chi connectivity index (χ1v) is 6.18. The van der Waals surface area contributed by atoms with Crippen LogP contribution in [0.5, 0.6) is 0 Å². The molecule has 1 N–H and O–H groups in total. The molecule has 0 aliphatic rings. The SMILES string of the molecule is CCCOCCN[C@H](C)c1ccc(Cl)cc1. The van der Waals surface area contributed by atoms with E-state index in [1.54, 1.807) is 0 Å². The molecule has 1 aromatic carbocycles. The topological polar surface area (TPSA) is 21.3 Å². The smallest absolute Gasteiger partial charge is 0.0591 e. The molecule has 0 unspecified atom stereocenters. The van der Waals surface area contributed by atoms with Gasteiger partial charge in [-0.25, -0.2) is 0 Å². The fourth-order valence-electron chi connectivity index (χ4n) is 1.46. The van der Waals surface area contributed by atoms with E-state index < -0.39 is 0 Å². The van der Waals surface area contributed by atoms with Crippen LogP contribution in [0, 0.1) is 0 Å². The first kappa shape index (κ1) is 13.5. The van der Waals surface area contributed by atoms with Crippen molar-refractivity contribution >= 4 is 11.6 Å². The second-order valence-electron chi connectivity index (χ2n) is 3.84. The minimum atomic E-state index is 0.336. The largest absolute Gasteiger partial charge is 0.380 e. The molecule has 1 rings (SSSR count). The van der Waals surface area contributed by atoms with Crippen LogP contribution in [0.3, 0.4) is 0 Å². The molecule has 2 nitrogen and oxygen atoms in total. The maximum Gasteiger partial charge on any atom is 0.0591 e. The molecule has 0 bridgehead atoms. The van der Waals surface area contributed by atoms with E-state index >= 15 is 0 Å². The molecule has 0 radical (unpaired) electrons. The van der Waals surface area contributed by atoms with Crippen LogP contribution in [-0.2, 0) is 4.74 Å². The molecule has 0 aliphatic carbocycles. The zero-order valence-corrected chi connectivity index (χ0v) is 10.8. The van der Waals surface area contributed by atoms with Crippen molar-refractivity contribution in [3.8, 4) is 0 Å². The van der Waals surface area contributed by atoms with Crippen molar-refractivity contribution in [2.75, 3.05) is 19.8 Å². The van der Waals surface area contributed by atoms with Gasteiger partial charge in [0.2, 0.25) is 0 Å². The molecule has 1 atom stereocenters. The summed E-state index contributed by atoms with van der Waals surface area (Å²) >= 11 is 5.84. The summed E-state index contributed by atoms with van der Waals surface area (Å²) in [7, 11) is 0. The van der Waals surface area contributed by atoms with Gasteiger partial charge in [-0.1, -0.05) is 30.7 Å². The summed E-state index contributed by atoms with van der Waals surface area (Å²) in [5.41, 5.74) is 1.25. The minimum Gasteiger partial charge on any atom is -0.380 e. The first-order chi connectivity index (χ1) is 7.74. The van der Waals surface area contributed by atoms with E-state index in [1.165, 1.54) is 5.56 Å². The van der Waals surface area contributed by atoms with Gasteiger partial charge < -0.3 is 10.1 Å². The average Bonchev–Trinajstić information content (AvgIpc) is 2.29. The van der Waals surface area contributed by atoms with E-state index in [0.717, 1.165) is 31.2 Å². The van der Waals surface area contributed by atoms with Crippen molar-refractivity contribution in [2.24, 2.45) is 0 Å². The van der Waals surface area contributed by atoms with Crippen LogP contribution >= 0.6 is 11.6 Å². The Bertz CT molecular complexity index is 286. The van der Waals surface area contributed by atoms with Crippen molar-refractivity contribution in [2.45, 2.75) is 26.3 Å². The van der Waals surface area contributed by atoms with E-state index in [1.807, 2.05) is 24.3 Å². The summed E-state index contributed by atoms with van der Waals surface area (Å²) in [6.07, 6.45) is 1.08. The number of benzene rings is 1. The van der Waals surface area contributed by atoms with Crippen molar-refractivity contribution in [3.05, 3.63) is 34.9 Å². The lowest BCUT2D eigenvalue weighted by molar-refractivity contribution is 0.135. The van der Waals surface area contributed by atoms with Crippen LogP contribution < -0.4 is 5.32 Å². The Kier molecular flexibility index (Phi) is 6.46. The number of halogens is 1. The highest BCUT2D eigenvalue weighted by Crippen LogP contribution is 2.15. The highest BCUT2D eigenvalue weighted by atomic mass is 35.5. The third kappa shape index (κ3) is 4.97. The third-order valence-electron chi connectivity index (χ3n) is 2.42. The highest BCUT2D eigenvalue weighted by molar-refractivity contribution is 6.30. The fourth-order valence-corrected chi connectivity index (χ4v) is 1.59. The summed E-state index contributed by atoms with van der Waals surface area (Å²) < 4.78 is 5.40. The molecule has 0 aliphatic heterocycles. The third-order valence-corrected chi connectivity index (χ3v) is 2.67. The first-order valence-electron chi connectivity index (χ1n) is 5.80. The summed E-state index contributed by atoms with van der Waals surface area (Å²) in [6.45, 7) is 6.75. The second-order valence-corrected chi connectivity index (χ2v) is 4.28. The second kappa shape index (κ2) is 7.66. The zero-order chi connectivity index (χ0) is 11.8. The number of hydrogen-bond acceptors (Lipinski definition) is 2. The van der Waals surface area contributed by atoms with Gasteiger partial charge in [-0.15, -0.1) is 0 Å². The van der Waals surface area contributed by atoms with Crippen LogP contribution in [-0.4, -0.2) is 19.8 Å². The van der Waals surface area contributed by atoms with Crippen molar-refractivity contribution in [1.29, 1.82) is 0 Å². The predicted molar refractivity (Wildman–Crippen MR) is 69.0 cm³/mol. The maximum atomic E-state index is 5.84. The molecule has 0 saturated carbocycles. The van der Waals surface area contributed by atoms with Gasteiger partial charge in [0, 0.05) is 24.2 Å². The summed E-state index contributed by atoms with van der Waals surface area (Å²) in [6, 6.07) is 8.27. The van der Waals surface area contributed by atoms with Gasteiger partial charge in [0.1, 0.15) is 0 Å². The van der Waals surface area contributed by atoms with Gasteiger partial charge in [0.25, 0.3) is 0 Å². The number of rotatable bonds is 7. The molecular formula is C13H20ClNO. The van der Waals surface area contributed by atoms with E-state index in [-0.39, 0.29) is 0 Å². The standard InChI is InChI=1S/C13H20ClNO/c1-3-9-16-10-8-15-11(2)12-4-6-13(14)7-5-12/h4-7,11,15H,3,8-10H2,1-2H3/t11-/m1/s1. The van der Waals surface area contributed by atoms with Gasteiger partial charge in [0.05, 0.1) is 6.61 Å². The monoisotopic (exact) mass is 241 g/mol. The molecule has 0 aromatic heterocycles. The van der Waals surface area contributed by atoms with Crippen LogP contribution in [0.25, 0.3) is 0 Å². The summed E-state index contributed by atoms with van der Waals surface area (Å²) in [5.74, 6) is 0. The van der Waals surface area contributed by atoms with E-state index in [4.69, 9.17) is 16.3 Å². The Morgan fingerprint density at radius 2 is 1.94 bits per heavy atom. The predicted octanol–water partition coefficient (Wildman–Crippen LogP) is 3.42. The van der Waals surface area contributed by atoms with Crippen molar-refractivity contribution < 1.29 is 4.74 Å².